The molecule has 0 aliphatic carbocycles. The largest absolute Gasteiger partial charge is 0.455 e. The molecule has 0 saturated carbocycles. The molecule has 0 fully saturated rings. The van der Waals surface area contributed by atoms with Gasteiger partial charge < -0.3 is 19.1 Å². The van der Waals surface area contributed by atoms with Gasteiger partial charge >= 0.3 is 6.18 Å². The van der Waals surface area contributed by atoms with E-state index in [1.165, 1.54) is 23.1 Å². The summed E-state index contributed by atoms with van der Waals surface area (Å²) in [5, 5.41) is 11.3. The van der Waals surface area contributed by atoms with Crippen LogP contribution in [0.1, 0.15) is 32.1 Å². The van der Waals surface area contributed by atoms with E-state index in [1.54, 1.807) is 50.2 Å². The molecule has 2 atom stereocenters. The molecule has 1 N–H and O–H groups in total. The van der Waals surface area contributed by atoms with Crippen molar-refractivity contribution in [3.8, 4) is 0 Å². The highest BCUT2D eigenvalue weighted by molar-refractivity contribution is 9.10. The third-order valence-corrected chi connectivity index (χ3v) is 6.66. The maximum Gasteiger partial charge on any atom is 0.418 e. The number of rotatable bonds is 6. The van der Waals surface area contributed by atoms with E-state index in [-0.39, 0.29) is 16.6 Å². The van der Waals surface area contributed by atoms with Gasteiger partial charge in [0.1, 0.15) is 12.0 Å². The van der Waals surface area contributed by atoms with Gasteiger partial charge in [-0.1, -0.05) is 60.1 Å². The summed E-state index contributed by atoms with van der Waals surface area (Å²) in [5.41, 5.74) is -3.64. The van der Waals surface area contributed by atoms with Crippen molar-refractivity contribution < 1.29 is 27.8 Å². The number of aromatic nitrogens is 1. The van der Waals surface area contributed by atoms with Crippen molar-refractivity contribution in [1.29, 1.82) is 0 Å². The summed E-state index contributed by atoms with van der Waals surface area (Å²) in [6, 6.07) is 14.8. The Bertz CT molecular complexity index is 1300. The van der Waals surface area contributed by atoms with Crippen molar-refractivity contribution in [3.05, 3.63) is 93.1 Å². The number of alkyl halides is 3. The normalized spacial score (nSPS) is 18.2. The minimum atomic E-state index is -4.95. The predicted octanol–water partition coefficient (Wildman–Crippen LogP) is 6.06. The van der Waals surface area contributed by atoms with Crippen LogP contribution in [0.25, 0.3) is 10.9 Å². The lowest BCUT2D eigenvalue weighted by atomic mass is 9.78. The standard InChI is InChI=1S/C25H23BrF3NO4/c1-23(2,21-13-33-22(34-21)16-7-3-5-9-18(16)26)14-24(32,25(27,28)29)15-30-12-11-20(31)17-8-4-6-10-19(17)30/h3-13,22,32H,14-15H2,1-2H3. The second-order valence-electron chi connectivity index (χ2n) is 9.00. The molecule has 2 heterocycles. The van der Waals surface area contributed by atoms with Gasteiger partial charge in [-0.15, -0.1) is 0 Å². The smallest absolute Gasteiger partial charge is 0.418 e. The number of halogens is 4. The third-order valence-electron chi connectivity index (χ3n) is 5.94. The van der Waals surface area contributed by atoms with Crippen LogP contribution in [0.2, 0.25) is 0 Å². The summed E-state index contributed by atoms with van der Waals surface area (Å²) < 4.78 is 56.2. The molecule has 0 radical (unpaired) electrons. The number of allylic oxidation sites excluding steroid dienone is 1. The predicted molar refractivity (Wildman–Crippen MR) is 125 cm³/mol. The van der Waals surface area contributed by atoms with E-state index >= 15 is 0 Å². The molecule has 5 nitrogen and oxygen atoms in total. The fourth-order valence-corrected chi connectivity index (χ4v) is 4.63. The molecule has 3 aromatic rings. The average molecular weight is 538 g/mol. The van der Waals surface area contributed by atoms with Gasteiger partial charge in [-0.05, 0) is 24.6 Å². The lowest BCUT2D eigenvalue weighted by Gasteiger charge is -2.38. The van der Waals surface area contributed by atoms with Gasteiger partial charge in [0.05, 0.1) is 12.1 Å². The number of hydrogen-bond acceptors (Lipinski definition) is 4. The van der Waals surface area contributed by atoms with Crippen molar-refractivity contribution in [3.63, 3.8) is 0 Å². The van der Waals surface area contributed by atoms with Crippen LogP contribution in [0.4, 0.5) is 13.2 Å². The van der Waals surface area contributed by atoms with Gasteiger partial charge in [-0.25, -0.2) is 0 Å². The summed E-state index contributed by atoms with van der Waals surface area (Å²) in [4.78, 5) is 12.1. The zero-order chi connectivity index (χ0) is 24.7. The molecule has 0 bridgehead atoms. The van der Waals surface area contributed by atoms with E-state index in [4.69, 9.17) is 9.47 Å². The van der Waals surface area contributed by atoms with Crippen LogP contribution in [0, 0.1) is 5.41 Å². The summed E-state index contributed by atoms with van der Waals surface area (Å²) in [7, 11) is 0. The number of aliphatic hydroxyl groups is 1. The zero-order valence-electron chi connectivity index (χ0n) is 18.5. The van der Waals surface area contributed by atoms with Crippen LogP contribution in [0.3, 0.4) is 0 Å². The van der Waals surface area contributed by atoms with Crippen molar-refractivity contribution in [2.75, 3.05) is 0 Å². The number of hydrogen-bond donors (Lipinski definition) is 1. The van der Waals surface area contributed by atoms with Crippen LogP contribution in [0.5, 0.6) is 0 Å². The molecule has 4 rings (SSSR count). The minimum absolute atomic E-state index is 0.195. The number of benzene rings is 2. The van der Waals surface area contributed by atoms with E-state index in [0.717, 1.165) is 4.47 Å². The van der Waals surface area contributed by atoms with Crippen molar-refractivity contribution in [2.45, 2.75) is 44.9 Å². The highest BCUT2D eigenvalue weighted by atomic mass is 79.9. The van der Waals surface area contributed by atoms with Gasteiger partial charge in [0.15, 0.2) is 11.0 Å². The summed E-state index contributed by atoms with van der Waals surface area (Å²) in [6.45, 7) is 2.33. The van der Waals surface area contributed by atoms with Crippen LogP contribution in [0.15, 0.2) is 82.1 Å². The van der Waals surface area contributed by atoms with Crippen LogP contribution in [-0.2, 0) is 16.0 Å². The van der Waals surface area contributed by atoms with Gasteiger partial charge in [0.25, 0.3) is 6.29 Å². The van der Waals surface area contributed by atoms with Gasteiger partial charge in [0.2, 0.25) is 0 Å². The Morgan fingerprint density at radius 3 is 2.44 bits per heavy atom. The lowest BCUT2D eigenvalue weighted by molar-refractivity contribution is -0.274. The molecular weight excluding hydrogens is 515 g/mol. The number of ether oxygens (including phenoxy) is 2. The molecule has 9 heteroatoms. The molecular formula is C25H23BrF3NO4. The molecule has 1 aromatic heterocycles. The maximum absolute atomic E-state index is 14.3. The Balaban J connectivity index is 1.62. The highest BCUT2D eigenvalue weighted by Gasteiger charge is 2.57. The highest BCUT2D eigenvalue weighted by Crippen LogP contribution is 2.47. The molecule has 1 aliphatic rings. The first-order valence-electron chi connectivity index (χ1n) is 10.6. The Morgan fingerprint density at radius 1 is 1.06 bits per heavy atom. The van der Waals surface area contributed by atoms with E-state index in [0.29, 0.717) is 11.1 Å². The van der Waals surface area contributed by atoms with Crippen molar-refractivity contribution in [2.24, 2.45) is 5.41 Å². The second kappa shape index (κ2) is 8.78. The molecule has 0 saturated heterocycles. The van der Waals surface area contributed by atoms with E-state index < -0.39 is 36.4 Å². The summed E-state index contributed by atoms with van der Waals surface area (Å²) in [6.07, 6.45) is -3.88. The van der Waals surface area contributed by atoms with E-state index in [1.807, 2.05) is 12.1 Å². The lowest BCUT2D eigenvalue weighted by Crippen LogP contribution is -2.51. The SMILES string of the molecule is CC(C)(CC(O)(Cn1ccc(=O)c2ccccc21)C(F)(F)F)C1=COC(c2ccccc2Br)O1. The molecule has 1 aliphatic heterocycles. The molecule has 0 spiro atoms. The first kappa shape index (κ1) is 24.3. The topological polar surface area (TPSA) is 60.7 Å². The number of nitrogens with zero attached hydrogens (tertiary/aromatic N) is 1. The van der Waals surface area contributed by atoms with E-state index in [9.17, 15) is 23.1 Å². The second-order valence-corrected chi connectivity index (χ2v) is 9.86. The number of pyridine rings is 1. The number of fused-ring (bicyclic) bond motifs is 1. The summed E-state index contributed by atoms with van der Waals surface area (Å²) in [5.74, 6) is 0.195. The van der Waals surface area contributed by atoms with Crippen LogP contribution >= 0.6 is 15.9 Å². The van der Waals surface area contributed by atoms with Crippen molar-refractivity contribution >= 4 is 26.8 Å². The Hall–Kier alpha value is -2.78. The number of para-hydroxylation sites is 1. The quantitative estimate of drug-likeness (QED) is 0.415. The van der Waals surface area contributed by atoms with Crippen LogP contribution < -0.4 is 5.43 Å². The van der Waals surface area contributed by atoms with Gasteiger partial charge in [-0.3, -0.25) is 4.79 Å². The average Bonchev–Trinajstić information content (AvgIpc) is 3.26. The molecule has 180 valence electrons. The fourth-order valence-electron chi connectivity index (χ4n) is 4.16. The molecule has 2 unspecified atom stereocenters. The van der Waals surface area contributed by atoms with Gasteiger partial charge in [-0.2, -0.15) is 13.2 Å². The Labute approximate surface area is 202 Å². The third kappa shape index (κ3) is 4.59. The first-order chi connectivity index (χ1) is 15.9. The minimum Gasteiger partial charge on any atom is -0.455 e. The molecule has 2 aromatic carbocycles. The zero-order valence-corrected chi connectivity index (χ0v) is 20.1. The Morgan fingerprint density at radius 2 is 1.74 bits per heavy atom. The molecule has 0 amide bonds. The van der Waals surface area contributed by atoms with Crippen molar-refractivity contribution in [1.82, 2.24) is 4.57 Å². The molecule has 34 heavy (non-hydrogen) atoms. The summed E-state index contributed by atoms with van der Waals surface area (Å²) >= 11 is 3.42. The monoisotopic (exact) mass is 537 g/mol. The van der Waals surface area contributed by atoms with E-state index in [2.05, 4.69) is 15.9 Å². The van der Waals surface area contributed by atoms with Gasteiger partial charge in [0, 0.05) is 33.1 Å². The maximum atomic E-state index is 14.3. The van der Waals surface area contributed by atoms with Crippen LogP contribution in [-0.4, -0.2) is 21.5 Å². The first-order valence-corrected chi connectivity index (χ1v) is 11.4. The Kier molecular flexibility index (Phi) is 6.29. The fraction of sp³-hybridized carbons (Fsp3) is 0.320.